The summed E-state index contributed by atoms with van der Waals surface area (Å²) < 4.78 is 0. The fourth-order valence-corrected chi connectivity index (χ4v) is 7.32. The molecule has 2 nitrogen and oxygen atoms in total. The molecule has 6 rings (SSSR count). The van der Waals surface area contributed by atoms with E-state index < -0.39 is 0 Å². The van der Waals surface area contributed by atoms with Gasteiger partial charge in [-0.2, -0.15) is 0 Å². The summed E-state index contributed by atoms with van der Waals surface area (Å²) in [6.45, 7) is 9.02. The van der Waals surface area contributed by atoms with Gasteiger partial charge < -0.3 is 5.11 Å². The van der Waals surface area contributed by atoms with Crippen LogP contribution in [0, 0.1) is 0 Å². The summed E-state index contributed by atoms with van der Waals surface area (Å²) in [6.07, 6.45) is 19.1. The minimum Gasteiger partial charge on any atom is -0.507 e. The lowest BCUT2D eigenvalue weighted by Gasteiger charge is -2.34. The van der Waals surface area contributed by atoms with Gasteiger partial charge >= 0.3 is 0 Å². The average molecular weight is 544 g/mol. The van der Waals surface area contributed by atoms with E-state index in [1.807, 2.05) is 6.21 Å². The van der Waals surface area contributed by atoms with Gasteiger partial charge in [0.15, 0.2) is 0 Å². The molecule has 3 aliphatic carbocycles. The molecule has 1 unspecified atom stereocenters. The molecule has 0 aromatic heterocycles. The Hall–Kier alpha value is -3.39. The number of phenols is 1. The topological polar surface area (TPSA) is 32.6 Å². The summed E-state index contributed by atoms with van der Waals surface area (Å²) >= 11 is 0. The van der Waals surface area contributed by atoms with Crippen LogP contribution >= 0.6 is 0 Å². The first-order valence-electron chi connectivity index (χ1n) is 15.7. The van der Waals surface area contributed by atoms with Gasteiger partial charge in [0, 0.05) is 28.8 Å². The van der Waals surface area contributed by atoms with Gasteiger partial charge in [-0.15, -0.1) is 0 Å². The van der Waals surface area contributed by atoms with Gasteiger partial charge in [-0.05, 0) is 89.0 Å². The van der Waals surface area contributed by atoms with Gasteiger partial charge in [-0.25, -0.2) is 0 Å². The third-order valence-corrected chi connectivity index (χ3v) is 9.77. The van der Waals surface area contributed by atoms with Crippen molar-refractivity contribution in [1.82, 2.24) is 0 Å². The molecular weight excluding hydrogens is 498 g/mol. The molecule has 1 atom stereocenters. The quantitative estimate of drug-likeness (QED) is 0.231. The zero-order valence-corrected chi connectivity index (χ0v) is 25.3. The van der Waals surface area contributed by atoms with E-state index in [1.54, 1.807) is 0 Å². The Bertz CT molecular complexity index is 1530. The Balaban J connectivity index is 1.36. The summed E-state index contributed by atoms with van der Waals surface area (Å²) in [4.78, 5) is 4.95. The molecule has 2 heteroatoms. The van der Waals surface area contributed by atoms with Crippen molar-refractivity contribution in [3.63, 3.8) is 0 Å². The van der Waals surface area contributed by atoms with Gasteiger partial charge in [-0.1, -0.05) is 114 Å². The second-order valence-corrected chi connectivity index (χ2v) is 13.7. The summed E-state index contributed by atoms with van der Waals surface area (Å²) in [6, 6.07) is 20.6. The van der Waals surface area contributed by atoms with Crippen LogP contribution in [0.5, 0.6) is 5.75 Å². The van der Waals surface area contributed by atoms with Crippen LogP contribution in [-0.4, -0.2) is 17.4 Å². The molecule has 0 aliphatic heterocycles. The predicted octanol–water partition coefficient (Wildman–Crippen LogP) is 9.79. The van der Waals surface area contributed by atoms with Gasteiger partial charge in [0.1, 0.15) is 5.75 Å². The number of aromatic hydroxyl groups is 1. The lowest BCUT2D eigenvalue weighted by atomic mass is 9.70. The number of aryl methyl sites for hydroxylation is 1. The third-order valence-electron chi connectivity index (χ3n) is 9.77. The molecule has 3 aromatic carbocycles. The zero-order valence-electron chi connectivity index (χ0n) is 25.3. The minimum absolute atomic E-state index is 0.101. The molecule has 41 heavy (non-hydrogen) atoms. The number of hydrogen-bond acceptors (Lipinski definition) is 2. The second kappa shape index (κ2) is 11.1. The molecule has 3 aliphatic rings. The predicted molar refractivity (Wildman–Crippen MR) is 173 cm³/mol. The van der Waals surface area contributed by atoms with Crippen molar-refractivity contribution in [1.29, 1.82) is 0 Å². The molecule has 0 radical (unpaired) electrons. The fourth-order valence-electron chi connectivity index (χ4n) is 7.32. The molecule has 212 valence electrons. The SMILES string of the molecule is CC(C)(C)c1cc(CCC(C)(C2=CCC=C2)c2cccc3c2Cc2ccccc2-3)cc(/C=N/C2CCCCC2)c1O. The maximum atomic E-state index is 11.3. The van der Waals surface area contributed by atoms with Crippen LogP contribution in [0.3, 0.4) is 0 Å². The smallest absolute Gasteiger partial charge is 0.128 e. The van der Waals surface area contributed by atoms with Crippen LogP contribution in [-0.2, 0) is 23.7 Å². The normalized spacial score (nSPS) is 18.4. The Kier molecular flexibility index (Phi) is 7.53. The van der Waals surface area contributed by atoms with E-state index in [0.29, 0.717) is 11.8 Å². The van der Waals surface area contributed by atoms with E-state index >= 15 is 0 Å². The highest BCUT2D eigenvalue weighted by Gasteiger charge is 2.35. The average Bonchev–Trinajstić information content (AvgIpc) is 3.65. The number of phenolic OH excluding ortho intramolecular Hbond substituents is 1. The number of nitrogens with zero attached hydrogens (tertiary/aromatic N) is 1. The maximum absolute atomic E-state index is 11.3. The van der Waals surface area contributed by atoms with Crippen LogP contribution in [0.4, 0.5) is 0 Å². The highest BCUT2D eigenvalue weighted by molar-refractivity contribution is 5.85. The molecule has 0 saturated heterocycles. The van der Waals surface area contributed by atoms with Gasteiger partial charge in [0.25, 0.3) is 0 Å². The monoisotopic (exact) mass is 543 g/mol. The van der Waals surface area contributed by atoms with Crippen LogP contribution in [0.1, 0.15) is 106 Å². The summed E-state index contributed by atoms with van der Waals surface area (Å²) in [7, 11) is 0. The molecule has 0 heterocycles. The largest absolute Gasteiger partial charge is 0.507 e. The fraction of sp³-hybridized carbons (Fsp3) is 0.410. The Morgan fingerprint density at radius 2 is 1.68 bits per heavy atom. The number of hydrogen-bond donors (Lipinski definition) is 1. The first kappa shape index (κ1) is 27.8. The third kappa shape index (κ3) is 5.46. The Morgan fingerprint density at radius 3 is 2.44 bits per heavy atom. The van der Waals surface area contributed by atoms with E-state index in [-0.39, 0.29) is 10.8 Å². The molecule has 1 fully saturated rings. The van der Waals surface area contributed by atoms with E-state index in [0.717, 1.165) is 49.7 Å². The minimum atomic E-state index is -0.153. The standard InChI is InChI=1S/C39H45NO/c1-38(2,3)36-24-27(23-29(37(36)41)26-40-31-16-6-5-7-17-31)21-22-39(4,30-14-9-10-15-30)35-20-12-19-33-32-18-11-8-13-28(32)25-34(33)35/h8-9,11-15,18-20,23-24,26,31,41H,5-7,10,16-17,21-22,25H2,1-4H3/b40-26+. The van der Waals surface area contributed by atoms with Crippen molar-refractivity contribution in [2.24, 2.45) is 4.99 Å². The lowest BCUT2D eigenvalue weighted by Crippen LogP contribution is -2.26. The van der Waals surface area contributed by atoms with Crippen molar-refractivity contribution < 1.29 is 5.11 Å². The highest BCUT2D eigenvalue weighted by Crippen LogP contribution is 2.47. The molecule has 3 aromatic rings. The van der Waals surface area contributed by atoms with Crippen LogP contribution in [0.25, 0.3) is 11.1 Å². The van der Waals surface area contributed by atoms with Gasteiger partial charge in [0.05, 0.1) is 0 Å². The number of rotatable bonds is 7. The number of allylic oxidation sites excluding steroid dienone is 4. The number of benzene rings is 3. The van der Waals surface area contributed by atoms with Gasteiger partial charge in [-0.3, -0.25) is 4.99 Å². The highest BCUT2D eigenvalue weighted by atomic mass is 16.3. The van der Waals surface area contributed by atoms with Crippen LogP contribution in [0.15, 0.2) is 83.4 Å². The van der Waals surface area contributed by atoms with Gasteiger partial charge in [0.2, 0.25) is 0 Å². The summed E-state index contributed by atoms with van der Waals surface area (Å²) in [5, 5.41) is 11.3. The van der Waals surface area contributed by atoms with E-state index in [2.05, 4.69) is 101 Å². The van der Waals surface area contributed by atoms with Crippen molar-refractivity contribution in [2.45, 2.75) is 102 Å². The maximum Gasteiger partial charge on any atom is 0.128 e. The number of aliphatic imine (C=N–C) groups is 1. The zero-order chi connectivity index (χ0) is 28.6. The Morgan fingerprint density at radius 1 is 0.902 bits per heavy atom. The summed E-state index contributed by atoms with van der Waals surface area (Å²) in [5.41, 5.74) is 11.5. The Labute approximate surface area is 247 Å². The lowest BCUT2D eigenvalue weighted by molar-refractivity contribution is 0.441. The van der Waals surface area contributed by atoms with Crippen LogP contribution < -0.4 is 0 Å². The molecule has 0 amide bonds. The van der Waals surface area contributed by atoms with Crippen molar-refractivity contribution in [2.75, 3.05) is 0 Å². The molecule has 0 spiro atoms. The van der Waals surface area contributed by atoms with Crippen molar-refractivity contribution in [3.05, 3.63) is 112 Å². The first-order chi connectivity index (χ1) is 19.7. The molecule has 1 N–H and O–H groups in total. The number of fused-ring (bicyclic) bond motifs is 3. The van der Waals surface area contributed by atoms with E-state index in [1.165, 1.54) is 58.2 Å². The first-order valence-corrected chi connectivity index (χ1v) is 15.7. The molecule has 1 saturated carbocycles. The van der Waals surface area contributed by atoms with Crippen LogP contribution in [0.2, 0.25) is 0 Å². The van der Waals surface area contributed by atoms with Crippen molar-refractivity contribution in [3.8, 4) is 16.9 Å². The van der Waals surface area contributed by atoms with E-state index in [4.69, 9.17) is 4.99 Å². The van der Waals surface area contributed by atoms with E-state index in [9.17, 15) is 5.11 Å². The molecule has 0 bridgehead atoms. The van der Waals surface area contributed by atoms with Crippen molar-refractivity contribution >= 4 is 6.21 Å². The second-order valence-electron chi connectivity index (χ2n) is 13.7. The molecular formula is C39H45NO. The summed E-state index contributed by atoms with van der Waals surface area (Å²) in [5.74, 6) is 0.392.